The summed E-state index contributed by atoms with van der Waals surface area (Å²) in [6.07, 6.45) is 10.8. The second-order valence-corrected chi connectivity index (χ2v) is 7.95. The highest BCUT2D eigenvalue weighted by Crippen LogP contribution is 2.40. The number of nitrogens with one attached hydrogen (secondary N) is 2. The topological polar surface area (TPSA) is 61.8 Å². The third-order valence-corrected chi connectivity index (χ3v) is 6.06. The Kier molecular flexibility index (Phi) is 9.77. The van der Waals surface area contributed by atoms with E-state index in [0.717, 1.165) is 51.0 Å². The highest BCUT2D eigenvalue weighted by Gasteiger charge is 2.33. The Labute approximate surface area is 186 Å². The van der Waals surface area contributed by atoms with E-state index in [-0.39, 0.29) is 24.0 Å². The third kappa shape index (κ3) is 6.47. The first-order chi connectivity index (χ1) is 13.2. The van der Waals surface area contributed by atoms with E-state index in [1.54, 1.807) is 7.11 Å². The van der Waals surface area contributed by atoms with Crippen LogP contribution in [0.1, 0.15) is 50.5 Å². The number of ether oxygens (including phenoxy) is 1. The van der Waals surface area contributed by atoms with Gasteiger partial charge in [-0.1, -0.05) is 12.8 Å². The summed E-state index contributed by atoms with van der Waals surface area (Å²) in [5, 5.41) is 7.02. The third-order valence-electron chi connectivity index (χ3n) is 6.06. The van der Waals surface area contributed by atoms with Gasteiger partial charge in [-0.15, -0.1) is 24.0 Å². The highest BCUT2D eigenvalue weighted by molar-refractivity contribution is 14.0. The predicted octanol–water partition coefficient (Wildman–Crippen LogP) is 3.56. The van der Waals surface area contributed by atoms with E-state index in [1.807, 2.05) is 13.2 Å². The second-order valence-electron chi connectivity index (χ2n) is 7.95. The van der Waals surface area contributed by atoms with Gasteiger partial charge in [-0.3, -0.25) is 4.99 Å². The number of hydrogen-bond donors (Lipinski definition) is 2. The maximum atomic E-state index is 5.34. The average molecular weight is 501 g/mol. The van der Waals surface area contributed by atoms with Crippen molar-refractivity contribution in [3.8, 4) is 0 Å². The Hall–Kier alpha value is -1.09. The zero-order valence-corrected chi connectivity index (χ0v) is 19.7. The number of nitrogens with zero attached hydrogens (tertiary/aromatic N) is 3. The number of aliphatic imine (C=N–C) groups is 1. The zero-order valence-electron chi connectivity index (χ0n) is 17.4. The number of pyridine rings is 1. The summed E-state index contributed by atoms with van der Waals surface area (Å²) < 4.78 is 5.34. The molecule has 2 aliphatic rings. The summed E-state index contributed by atoms with van der Waals surface area (Å²) in [4.78, 5) is 11.3. The number of aromatic nitrogens is 1. The molecule has 1 aromatic heterocycles. The standard InChI is InChI=1S/C21H35N5O.HI/c1-22-20(25-17-21(10-14-27-2)8-3-4-9-21)24-16-18-7-11-23-19(15-18)26-12-5-6-13-26;/h7,11,15H,3-6,8-10,12-14,16-17H2,1-2H3,(H2,22,24,25);1H. The van der Waals surface area contributed by atoms with Crippen molar-refractivity contribution in [2.45, 2.75) is 51.5 Å². The van der Waals surface area contributed by atoms with Crippen molar-refractivity contribution in [1.29, 1.82) is 0 Å². The van der Waals surface area contributed by atoms with Crippen molar-refractivity contribution in [2.75, 3.05) is 45.3 Å². The van der Waals surface area contributed by atoms with Crippen LogP contribution in [0.15, 0.2) is 23.3 Å². The van der Waals surface area contributed by atoms with E-state index in [9.17, 15) is 0 Å². The van der Waals surface area contributed by atoms with Gasteiger partial charge in [-0.25, -0.2) is 4.98 Å². The lowest BCUT2D eigenvalue weighted by Crippen LogP contribution is -2.43. The molecule has 0 unspecified atom stereocenters. The molecule has 1 aromatic rings. The van der Waals surface area contributed by atoms with Crippen molar-refractivity contribution in [2.24, 2.45) is 10.4 Å². The largest absolute Gasteiger partial charge is 0.385 e. The predicted molar refractivity (Wildman–Crippen MR) is 127 cm³/mol. The van der Waals surface area contributed by atoms with Gasteiger partial charge in [0.1, 0.15) is 5.82 Å². The van der Waals surface area contributed by atoms with Gasteiger partial charge in [0.25, 0.3) is 0 Å². The Morgan fingerprint density at radius 3 is 2.64 bits per heavy atom. The van der Waals surface area contributed by atoms with Crippen LogP contribution in [0.2, 0.25) is 0 Å². The van der Waals surface area contributed by atoms with E-state index >= 15 is 0 Å². The minimum absolute atomic E-state index is 0. The lowest BCUT2D eigenvalue weighted by molar-refractivity contribution is 0.138. The van der Waals surface area contributed by atoms with E-state index < -0.39 is 0 Å². The maximum absolute atomic E-state index is 5.34. The van der Waals surface area contributed by atoms with Crippen LogP contribution in [-0.2, 0) is 11.3 Å². The molecule has 0 aromatic carbocycles. The Balaban J connectivity index is 0.00000280. The Morgan fingerprint density at radius 1 is 1.21 bits per heavy atom. The highest BCUT2D eigenvalue weighted by atomic mass is 127. The van der Waals surface area contributed by atoms with Crippen LogP contribution in [0, 0.1) is 5.41 Å². The number of rotatable bonds is 8. The molecule has 158 valence electrons. The summed E-state index contributed by atoms with van der Waals surface area (Å²) in [5.41, 5.74) is 1.59. The van der Waals surface area contributed by atoms with Crippen LogP contribution in [0.5, 0.6) is 0 Å². The van der Waals surface area contributed by atoms with Crippen LogP contribution in [-0.4, -0.2) is 51.3 Å². The van der Waals surface area contributed by atoms with Crippen LogP contribution in [0.4, 0.5) is 5.82 Å². The number of guanidine groups is 1. The summed E-state index contributed by atoms with van der Waals surface area (Å²) in [6.45, 7) is 4.80. The number of anilines is 1. The molecule has 0 spiro atoms. The molecule has 0 atom stereocenters. The van der Waals surface area contributed by atoms with Gasteiger partial charge in [0, 0.05) is 53.1 Å². The van der Waals surface area contributed by atoms with Gasteiger partial charge < -0.3 is 20.3 Å². The maximum Gasteiger partial charge on any atom is 0.191 e. The monoisotopic (exact) mass is 501 g/mol. The summed E-state index contributed by atoms with van der Waals surface area (Å²) in [6, 6.07) is 4.28. The molecule has 2 N–H and O–H groups in total. The van der Waals surface area contributed by atoms with Crippen LogP contribution in [0.3, 0.4) is 0 Å². The second kappa shape index (κ2) is 11.8. The fourth-order valence-electron chi connectivity index (χ4n) is 4.33. The molecule has 0 amide bonds. The lowest BCUT2D eigenvalue weighted by Gasteiger charge is -2.30. The number of methoxy groups -OCH3 is 1. The molecule has 0 bridgehead atoms. The molecule has 1 aliphatic carbocycles. The first kappa shape index (κ1) is 23.2. The Bertz CT molecular complexity index is 613. The van der Waals surface area contributed by atoms with Gasteiger partial charge in [0.05, 0.1) is 0 Å². The summed E-state index contributed by atoms with van der Waals surface area (Å²) in [5.74, 6) is 1.97. The molecule has 1 saturated heterocycles. The molecule has 7 heteroatoms. The van der Waals surface area contributed by atoms with Crippen LogP contribution < -0.4 is 15.5 Å². The van der Waals surface area contributed by atoms with Crippen molar-refractivity contribution < 1.29 is 4.74 Å². The molecule has 6 nitrogen and oxygen atoms in total. The molecule has 2 heterocycles. The quantitative estimate of drug-likeness (QED) is 0.324. The first-order valence-corrected chi connectivity index (χ1v) is 10.4. The molecule has 1 aliphatic heterocycles. The normalized spacial score (nSPS) is 18.8. The Morgan fingerprint density at radius 2 is 1.96 bits per heavy atom. The number of hydrogen-bond acceptors (Lipinski definition) is 4. The van der Waals surface area contributed by atoms with E-state index in [1.165, 1.54) is 44.1 Å². The minimum Gasteiger partial charge on any atom is -0.385 e. The van der Waals surface area contributed by atoms with E-state index in [4.69, 9.17) is 4.74 Å². The van der Waals surface area contributed by atoms with Gasteiger partial charge in [0.15, 0.2) is 5.96 Å². The molecular weight excluding hydrogens is 465 g/mol. The van der Waals surface area contributed by atoms with Gasteiger partial charge in [-0.2, -0.15) is 0 Å². The van der Waals surface area contributed by atoms with Crippen molar-refractivity contribution in [1.82, 2.24) is 15.6 Å². The molecule has 28 heavy (non-hydrogen) atoms. The van der Waals surface area contributed by atoms with E-state index in [2.05, 4.69) is 37.6 Å². The smallest absolute Gasteiger partial charge is 0.191 e. The molecule has 0 radical (unpaired) electrons. The van der Waals surface area contributed by atoms with Crippen LogP contribution >= 0.6 is 24.0 Å². The minimum atomic E-state index is 0. The fraction of sp³-hybridized carbons (Fsp3) is 0.714. The van der Waals surface area contributed by atoms with Gasteiger partial charge in [0.2, 0.25) is 0 Å². The fourth-order valence-corrected chi connectivity index (χ4v) is 4.33. The summed E-state index contributed by atoms with van der Waals surface area (Å²) in [7, 11) is 3.63. The number of halogens is 1. The van der Waals surface area contributed by atoms with Crippen molar-refractivity contribution in [3.05, 3.63) is 23.9 Å². The zero-order chi connectivity index (χ0) is 19.0. The summed E-state index contributed by atoms with van der Waals surface area (Å²) >= 11 is 0. The van der Waals surface area contributed by atoms with Crippen LogP contribution in [0.25, 0.3) is 0 Å². The lowest BCUT2D eigenvalue weighted by atomic mass is 9.83. The van der Waals surface area contributed by atoms with Gasteiger partial charge >= 0.3 is 0 Å². The first-order valence-electron chi connectivity index (χ1n) is 10.4. The van der Waals surface area contributed by atoms with E-state index in [0.29, 0.717) is 5.41 Å². The van der Waals surface area contributed by atoms with Crippen molar-refractivity contribution in [3.63, 3.8) is 0 Å². The average Bonchev–Trinajstić information content (AvgIpc) is 3.40. The van der Waals surface area contributed by atoms with Crippen molar-refractivity contribution >= 4 is 35.8 Å². The molecule has 1 saturated carbocycles. The molecule has 3 rings (SSSR count). The van der Waals surface area contributed by atoms with Gasteiger partial charge in [-0.05, 0) is 55.2 Å². The molecular formula is C21H36IN5O. The SMILES string of the molecule is CN=C(NCc1ccnc(N2CCCC2)c1)NCC1(CCOC)CCCC1.I. The molecule has 2 fully saturated rings.